The summed E-state index contributed by atoms with van der Waals surface area (Å²) in [7, 11) is 1.62. The van der Waals surface area contributed by atoms with E-state index in [0.29, 0.717) is 18.3 Å². The van der Waals surface area contributed by atoms with Crippen LogP contribution in [-0.2, 0) is 16.1 Å². The highest BCUT2D eigenvalue weighted by molar-refractivity contribution is 8.00. The molecule has 0 saturated heterocycles. The SMILES string of the molecule is COCCCO.NCc1ccc2nc(NC(=O)C(N)c3ccc(SC4CC4)cc3)sc2n1. The van der Waals surface area contributed by atoms with E-state index < -0.39 is 6.04 Å². The van der Waals surface area contributed by atoms with Crippen molar-refractivity contribution >= 4 is 44.5 Å². The molecule has 2 heterocycles. The third-order valence-electron chi connectivity index (χ3n) is 4.61. The molecule has 10 heteroatoms. The van der Waals surface area contributed by atoms with E-state index in [1.54, 1.807) is 7.11 Å². The van der Waals surface area contributed by atoms with Crippen molar-refractivity contribution in [3.63, 3.8) is 0 Å². The largest absolute Gasteiger partial charge is 0.396 e. The van der Waals surface area contributed by atoms with Gasteiger partial charge in [-0.05, 0) is 49.1 Å². The molecule has 1 aliphatic rings. The summed E-state index contributed by atoms with van der Waals surface area (Å²) in [5.74, 6) is -0.286. The predicted octanol–water partition coefficient (Wildman–Crippen LogP) is 3.06. The number of aliphatic hydroxyl groups is 1. The number of nitrogens with zero attached hydrogens (tertiary/aromatic N) is 2. The fourth-order valence-corrected chi connectivity index (χ4v) is 4.61. The van der Waals surface area contributed by atoms with Gasteiger partial charge < -0.3 is 26.6 Å². The van der Waals surface area contributed by atoms with Gasteiger partial charge in [0.1, 0.15) is 16.4 Å². The van der Waals surface area contributed by atoms with Crippen LogP contribution in [0.3, 0.4) is 0 Å². The van der Waals surface area contributed by atoms with E-state index in [1.807, 2.05) is 48.2 Å². The Morgan fingerprint density at radius 3 is 2.62 bits per heavy atom. The highest BCUT2D eigenvalue weighted by Crippen LogP contribution is 2.39. The van der Waals surface area contributed by atoms with E-state index in [0.717, 1.165) is 33.3 Å². The number of aliphatic hydroxyl groups excluding tert-OH is 1. The van der Waals surface area contributed by atoms with Gasteiger partial charge in [-0.3, -0.25) is 4.79 Å². The molecule has 1 atom stereocenters. The topological polar surface area (TPSA) is 136 Å². The average Bonchev–Trinajstić information content (AvgIpc) is 3.54. The summed E-state index contributed by atoms with van der Waals surface area (Å²) in [6.07, 6.45) is 3.33. The summed E-state index contributed by atoms with van der Waals surface area (Å²) in [4.78, 5) is 23.2. The molecule has 2 aromatic heterocycles. The first kappa shape index (κ1) is 24.6. The molecule has 1 aliphatic carbocycles. The molecule has 1 fully saturated rings. The number of amides is 1. The maximum atomic E-state index is 12.5. The number of pyridine rings is 1. The molecule has 0 spiro atoms. The number of methoxy groups -OCH3 is 1. The van der Waals surface area contributed by atoms with Crippen LogP contribution in [0.2, 0.25) is 0 Å². The fraction of sp³-hybridized carbons (Fsp3) is 0.409. The summed E-state index contributed by atoms with van der Waals surface area (Å²) in [6, 6.07) is 10.8. The molecular formula is C22H29N5O3S2. The third kappa shape index (κ3) is 7.22. The number of fused-ring (bicyclic) bond motifs is 1. The van der Waals surface area contributed by atoms with Crippen LogP contribution < -0.4 is 16.8 Å². The third-order valence-corrected chi connectivity index (χ3v) is 6.84. The summed E-state index contributed by atoms with van der Waals surface area (Å²) in [5.41, 5.74) is 14.0. The van der Waals surface area contributed by atoms with E-state index in [9.17, 15) is 4.79 Å². The zero-order valence-electron chi connectivity index (χ0n) is 18.0. The van der Waals surface area contributed by atoms with Gasteiger partial charge in [0.15, 0.2) is 5.13 Å². The number of aromatic nitrogens is 2. The molecule has 172 valence electrons. The highest BCUT2D eigenvalue weighted by atomic mass is 32.2. The summed E-state index contributed by atoms with van der Waals surface area (Å²) >= 11 is 3.20. The zero-order valence-corrected chi connectivity index (χ0v) is 19.6. The van der Waals surface area contributed by atoms with Gasteiger partial charge in [0.2, 0.25) is 5.91 Å². The Morgan fingerprint density at radius 2 is 2.03 bits per heavy atom. The second kappa shape index (κ2) is 12.2. The van der Waals surface area contributed by atoms with Gasteiger partial charge in [-0.2, -0.15) is 0 Å². The number of ether oxygens (including phenoxy) is 1. The van der Waals surface area contributed by atoms with Gasteiger partial charge >= 0.3 is 0 Å². The molecule has 4 rings (SSSR count). The van der Waals surface area contributed by atoms with Crippen molar-refractivity contribution in [1.29, 1.82) is 0 Å². The van der Waals surface area contributed by atoms with Crippen LogP contribution in [0, 0.1) is 0 Å². The van der Waals surface area contributed by atoms with Gasteiger partial charge in [0, 0.05) is 37.0 Å². The molecule has 0 radical (unpaired) electrons. The Balaban J connectivity index is 0.000000427. The van der Waals surface area contributed by atoms with Gasteiger partial charge in [-0.25, -0.2) is 9.97 Å². The number of anilines is 1. The summed E-state index contributed by atoms with van der Waals surface area (Å²) < 4.78 is 4.62. The van der Waals surface area contributed by atoms with E-state index in [2.05, 4.69) is 20.0 Å². The minimum absolute atomic E-state index is 0.230. The molecule has 3 aromatic rings. The van der Waals surface area contributed by atoms with Gasteiger partial charge in [-0.1, -0.05) is 23.5 Å². The Labute approximate surface area is 195 Å². The lowest BCUT2D eigenvalue weighted by Gasteiger charge is -2.11. The van der Waals surface area contributed by atoms with E-state index in [-0.39, 0.29) is 12.5 Å². The molecule has 1 amide bonds. The molecule has 8 nitrogen and oxygen atoms in total. The Bertz CT molecular complexity index is 1000. The lowest BCUT2D eigenvalue weighted by Crippen LogP contribution is -2.27. The van der Waals surface area contributed by atoms with Crippen molar-refractivity contribution in [3.05, 3.63) is 47.7 Å². The number of nitrogens with one attached hydrogen (secondary N) is 1. The molecule has 1 aromatic carbocycles. The van der Waals surface area contributed by atoms with Crippen LogP contribution >= 0.6 is 23.1 Å². The van der Waals surface area contributed by atoms with Gasteiger partial charge in [-0.15, -0.1) is 11.8 Å². The van der Waals surface area contributed by atoms with E-state index >= 15 is 0 Å². The Morgan fingerprint density at radius 1 is 1.28 bits per heavy atom. The first-order valence-electron chi connectivity index (χ1n) is 10.4. The zero-order chi connectivity index (χ0) is 22.9. The minimum Gasteiger partial charge on any atom is -0.396 e. The quantitative estimate of drug-likeness (QED) is 0.347. The number of hydrogen-bond donors (Lipinski definition) is 4. The Hall–Kier alpha value is -2.08. The smallest absolute Gasteiger partial charge is 0.247 e. The van der Waals surface area contributed by atoms with Crippen molar-refractivity contribution in [2.45, 2.75) is 42.0 Å². The Kier molecular flexibility index (Phi) is 9.39. The molecular weight excluding hydrogens is 446 g/mol. The van der Waals surface area contributed by atoms with Gasteiger partial charge in [0.05, 0.1) is 5.69 Å². The number of rotatable bonds is 9. The standard InChI is InChI=1S/C18H19N5OS2.C4H10O2/c19-9-11-3-8-14-17(21-11)26-18(22-14)23-16(24)15(20)10-1-4-12(5-2-10)25-13-6-7-13;1-6-4-2-3-5/h1-5,8,13,15H,6-7,9,19-20H2,(H,22,23,24);5H,2-4H2,1H3. The van der Waals surface area contributed by atoms with Crippen LogP contribution in [0.25, 0.3) is 10.3 Å². The first-order chi connectivity index (χ1) is 15.5. The number of carbonyl (C=O) groups excluding carboxylic acids is 1. The van der Waals surface area contributed by atoms with Crippen LogP contribution in [0.5, 0.6) is 0 Å². The molecule has 1 unspecified atom stereocenters. The van der Waals surface area contributed by atoms with Gasteiger partial charge in [0.25, 0.3) is 0 Å². The number of benzene rings is 1. The molecule has 6 N–H and O–H groups in total. The average molecular weight is 476 g/mol. The second-order valence-electron chi connectivity index (χ2n) is 7.27. The van der Waals surface area contributed by atoms with Crippen LogP contribution in [-0.4, -0.2) is 46.6 Å². The van der Waals surface area contributed by atoms with Crippen molar-refractivity contribution in [1.82, 2.24) is 9.97 Å². The molecule has 1 saturated carbocycles. The monoisotopic (exact) mass is 475 g/mol. The van der Waals surface area contributed by atoms with E-state index in [1.165, 1.54) is 29.1 Å². The normalized spacial score (nSPS) is 14.0. The number of thiazole rings is 1. The number of nitrogens with two attached hydrogens (primary N) is 2. The van der Waals surface area contributed by atoms with Crippen LogP contribution in [0.4, 0.5) is 5.13 Å². The fourth-order valence-electron chi connectivity index (χ4n) is 2.70. The highest BCUT2D eigenvalue weighted by Gasteiger charge is 2.23. The maximum Gasteiger partial charge on any atom is 0.247 e. The van der Waals surface area contributed by atoms with Crippen LogP contribution in [0.15, 0.2) is 41.3 Å². The number of carbonyl (C=O) groups is 1. The van der Waals surface area contributed by atoms with Crippen molar-refractivity contribution in [2.24, 2.45) is 11.5 Å². The molecule has 0 bridgehead atoms. The van der Waals surface area contributed by atoms with Crippen molar-refractivity contribution in [3.8, 4) is 0 Å². The van der Waals surface area contributed by atoms with E-state index in [4.69, 9.17) is 16.6 Å². The van der Waals surface area contributed by atoms with Crippen molar-refractivity contribution < 1.29 is 14.6 Å². The lowest BCUT2D eigenvalue weighted by atomic mass is 10.1. The molecule has 32 heavy (non-hydrogen) atoms. The maximum absolute atomic E-state index is 12.5. The second-order valence-corrected chi connectivity index (χ2v) is 9.62. The summed E-state index contributed by atoms with van der Waals surface area (Å²) in [6.45, 7) is 1.26. The molecule has 0 aliphatic heterocycles. The van der Waals surface area contributed by atoms with Crippen molar-refractivity contribution in [2.75, 3.05) is 25.6 Å². The predicted molar refractivity (Wildman–Crippen MR) is 130 cm³/mol. The van der Waals surface area contributed by atoms with Crippen LogP contribution in [0.1, 0.15) is 36.6 Å². The first-order valence-corrected chi connectivity index (χ1v) is 12.1. The minimum atomic E-state index is -0.741. The number of hydrogen-bond acceptors (Lipinski definition) is 9. The summed E-state index contributed by atoms with van der Waals surface area (Å²) in [5, 5.41) is 12.2. The lowest BCUT2D eigenvalue weighted by molar-refractivity contribution is -0.117. The number of thioether (sulfide) groups is 1.